The van der Waals surface area contributed by atoms with Gasteiger partial charge in [-0.25, -0.2) is 4.98 Å². The van der Waals surface area contributed by atoms with Crippen LogP contribution in [0.4, 0.5) is 0 Å². The number of hydrogen-bond donors (Lipinski definition) is 1. The molecule has 2 rings (SSSR count). The normalized spacial score (nSPS) is 11.0. The maximum absolute atomic E-state index is 9.47. The second kappa shape index (κ2) is 2.49. The fourth-order valence-corrected chi connectivity index (χ4v) is 1.50. The van der Waals surface area contributed by atoms with Gasteiger partial charge < -0.3 is 9.67 Å². The summed E-state index contributed by atoms with van der Waals surface area (Å²) >= 11 is 0. The molecular formula is C10H12N2O. The Morgan fingerprint density at radius 3 is 2.69 bits per heavy atom. The average Bonchev–Trinajstić information content (AvgIpc) is 2.38. The van der Waals surface area contributed by atoms with Crippen molar-refractivity contribution in [1.29, 1.82) is 0 Å². The molecule has 0 aliphatic carbocycles. The first-order valence-corrected chi connectivity index (χ1v) is 4.23. The zero-order valence-electron chi connectivity index (χ0n) is 8.00. The molecule has 68 valence electrons. The van der Waals surface area contributed by atoms with Crippen LogP contribution in [0.1, 0.15) is 11.4 Å². The molecule has 0 atom stereocenters. The highest BCUT2D eigenvalue weighted by molar-refractivity contribution is 5.81. The van der Waals surface area contributed by atoms with Gasteiger partial charge >= 0.3 is 0 Å². The predicted octanol–water partition coefficient (Wildman–Crippen LogP) is 1.90. The Morgan fingerprint density at radius 1 is 1.31 bits per heavy atom. The summed E-state index contributed by atoms with van der Waals surface area (Å²) in [4.78, 5) is 4.38. The van der Waals surface area contributed by atoms with E-state index in [1.807, 2.05) is 31.5 Å². The molecule has 1 N–H and O–H groups in total. The molecule has 0 fully saturated rings. The third-order valence-electron chi connectivity index (χ3n) is 2.50. The quantitative estimate of drug-likeness (QED) is 0.665. The van der Waals surface area contributed by atoms with Crippen LogP contribution in [0.5, 0.6) is 5.75 Å². The van der Waals surface area contributed by atoms with E-state index in [0.29, 0.717) is 5.75 Å². The van der Waals surface area contributed by atoms with Crippen LogP contribution in [0.2, 0.25) is 0 Å². The Morgan fingerprint density at radius 2 is 2.00 bits per heavy atom. The molecule has 0 saturated heterocycles. The van der Waals surface area contributed by atoms with Crippen molar-refractivity contribution in [3.05, 3.63) is 23.5 Å². The molecule has 2 aromatic rings. The Hall–Kier alpha value is -1.51. The first-order valence-electron chi connectivity index (χ1n) is 4.23. The minimum Gasteiger partial charge on any atom is -0.508 e. The molecule has 1 heterocycles. The number of phenols is 1. The van der Waals surface area contributed by atoms with Crippen molar-refractivity contribution in [3.8, 4) is 5.75 Å². The van der Waals surface area contributed by atoms with Gasteiger partial charge in [-0.2, -0.15) is 0 Å². The lowest BCUT2D eigenvalue weighted by Crippen LogP contribution is -1.89. The summed E-state index contributed by atoms with van der Waals surface area (Å²) in [7, 11) is 1.97. The fourth-order valence-electron chi connectivity index (χ4n) is 1.50. The van der Waals surface area contributed by atoms with Gasteiger partial charge in [0, 0.05) is 12.6 Å². The Bertz CT molecular complexity index is 471. The SMILES string of the molecule is Cc1c(O)ccc2c1nc(C)n2C. The Labute approximate surface area is 76.6 Å². The second-order valence-electron chi connectivity index (χ2n) is 3.30. The van der Waals surface area contributed by atoms with E-state index >= 15 is 0 Å². The third kappa shape index (κ3) is 1.00. The fraction of sp³-hybridized carbons (Fsp3) is 0.300. The maximum atomic E-state index is 9.47. The highest BCUT2D eigenvalue weighted by Gasteiger charge is 2.08. The lowest BCUT2D eigenvalue weighted by Gasteiger charge is -1.99. The van der Waals surface area contributed by atoms with E-state index in [4.69, 9.17) is 0 Å². The molecule has 3 heteroatoms. The van der Waals surface area contributed by atoms with Crippen LogP contribution in [-0.2, 0) is 7.05 Å². The molecule has 3 nitrogen and oxygen atoms in total. The van der Waals surface area contributed by atoms with Crippen LogP contribution < -0.4 is 0 Å². The lowest BCUT2D eigenvalue weighted by molar-refractivity contribution is 0.472. The molecule has 0 bridgehead atoms. The molecule has 0 aliphatic heterocycles. The van der Waals surface area contributed by atoms with Crippen LogP contribution >= 0.6 is 0 Å². The van der Waals surface area contributed by atoms with E-state index in [2.05, 4.69) is 4.98 Å². The molecule has 13 heavy (non-hydrogen) atoms. The van der Waals surface area contributed by atoms with E-state index in [9.17, 15) is 5.11 Å². The van der Waals surface area contributed by atoms with Crippen molar-refractivity contribution in [3.63, 3.8) is 0 Å². The number of fused-ring (bicyclic) bond motifs is 1. The Balaban J connectivity index is 2.94. The van der Waals surface area contributed by atoms with E-state index in [-0.39, 0.29) is 0 Å². The van der Waals surface area contributed by atoms with Crippen molar-refractivity contribution in [2.75, 3.05) is 0 Å². The van der Waals surface area contributed by atoms with Crippen molar-refractivity contribution in [2.45, 2.75) is 13.8 Å². The van der Waals surface area contributed by atoms with Crippen molar-refractivity contribution < 1.29 is 5.11 Å². The number of aromatic nitrogens is 2. The van der Waals surface area contributed by atoms with Crippen molar-refractivity contribution >= 4 is 11.0 Å². The maximum Gasteiger partial charge on any atom is 0.120 e. The molecule has 0 spiro atoms. The van der Waals surface area contributed by atoms with Crippen LogP contribution in [0.3, 0.4) is 0 Å². The van der Waals surface area contributed by atoms with Gasteiger partial charge in [0.15, 0.2) is 0 Å². The van der Waals surface area contributed by atoms with E-state index < -0.39 is 0 Å². The van der Waals surface area contributed by atoms with E-state index in [1.54, 1.807) is 6.07 Å². The van der Waals surface area contributed by atoms with Gasteiger partial charge in [-0.3, -0.25) is 0 Å². The minimum absolute atomic E-state index is 0.311. The topological polar surface area (TPSA) is 38.1 Å². The lowest BCUT2D eigenvalue weighted by atomic mass is 10.2. The monoisotopic (exact) mass is 176 g/mol. The number of aromatic hydroxyl groups is 1. The number of hydrogen-bond acceptors (Lipinski definition) is 2. The predicted molar refractivity (Wildman–Crippen MR) is 51.9 cm³/mol. The van der Waals surface area contributed by atoms with Gasteiger partial charge in [0.2, 0.25) is 0 Å². The molecule has 0 unspecified atom stereocenters. The molecule has 0 amide bonds. The van der Waals surface area contributed by atoms with E-state index in [0.717, 1.165) is 22.4 Å². The highest BCUT2D eigenvalue weighted by atomic mass is 16.3. The summed E-state index contributed by atoms with van der Waals surface area (Å²) in [5.41, 5.74) is 2.80. The number of rotatable bonds is 0. The van der Waals surface area contributed by atoms with Crippen LogP contribution in [0.25, 0.3) is 11.0 Å². The van der Waals surface area contributed by atoms with E-state index in [1.165, 1.54) is 0 Å². The zero-order chi connectivity index (χ0) is 9.59. The van der Waals surface area contributed by atoms with Crippen LogP contribution in [0, 0.1) is 13.8 Å². The van der Waals surface area contributed by atoms with Gasteiger partial charge in [0.05, 0.1) is 11.0 Å². The standard InChI is InChI=1S/C10H12N2O/c1-6-9(13)5-4-8-10(6)11-7(2)12(8)3/h4-5,13H,1-3H3. The summed E-state index contributed by atoms with van der Waals surface area (Å²) < 4.78 is 2.02. The number of phenolic OH excluding ortho intramolecular Hbond substituents is 1. The van der Waals surface area contributed by atoms with Crippen LogP contribution in [-0.4, -0.2) is 14.7 Å². The van der Waals surface area contributed by atoms with Gasteiger partial charge in [-0.15, -0.1) is 0 Å². The van der Waals surface area contributed by atoms with Crippen LogP contribution in [0.15, 0.2) is 12.1 Å². The summed E-state index contributed by atoms with van der Waals surface area (Å²) in [5, 5.41) is 9.47. The number of benzene rings is 1. The first-order chi connectivity index (χ1) is 6.11. The molecule has 0 saturated carbocycles. The van der Waals surface area contributed by atoms with Crippen molar-refractivity contribution in [1.82, 2.24) is 9.55 Å². The average molecular weight is 176 g/mol. The smallest absolute Gasteiger partial charge is 0.120 e. The van der Waals surface area contributed by atoms with Gasteiger partial charge in [0.25, 0.3) is 0 Å². The second-order valence-corrected chi connectivity index (χ2v) is 3.30. The molecule has 0 radical (unpaired) electrons. The van der Waals surface area contributed by atoms with Gasteiger partial charge in [-0.05, 0) is 26.0 Å². The van der Waals surface area contributed by atoms with Gasteiger partial charge in [-0.1, -0.05) is 0 Å². The molecule has 1 aromatic carbocycles. The molecule has 0 aliphatic rings. The Kier molecular flexibility index (Phi) is 1.55. The number of nitrogens with zero attached hydrogens (tertiary/aromatic N) is 2. The summed E-state index contributed by atoms with van der Waals surface area (Å²) in [6, 6.07) is 3.59. The summed E-state index contributed by atoms with van der Waals surface area (Å²) in [6.07, 6.45) is 0. The molecule has 1 aromatic heterocycles. The van der Waals surface area contributed by atoms with Crippen molar-refractivity contribution in [2.24, 2.45) is 7.05 Å². The zero-order valence-corrected chi connectivity index (χ0v) is 8.00. The third-order valence-corrected chi connectivity index (χ3v) is 2.50. The summed E-state index contributed by atoms with van der Waals surface area (Å²) in [5.74, 6) is 1.27. The largest absolute Gasteiger partial charge is 0.508 e. The number of imidazole rings is 1. The first kappa shape index (κ1) is 8.10. The van der Waals surface area contributed by atoms with Gasteiger partial charge in [0.1, 0.15) is 11.6 Å². The highest BCUT2D eigenvalue weighted by Crippen LogP contribution is 2.25. The molecular weight excluding hydrogens is 164 g/mol. The summed E-state index contributed by atoms with van der Waals surface area (Å²) in [6.45, 7) is 3.83. The number of aryl methyl sites for hydroxylation is 3. The minimum atomic E-state index is 0.311.